The molecule has 4 aromatic heterocycles. The lowest BCUT2D eigenvalue weighted by atomic mass is 9.95. The minimum atomic E-state index is -3.21. The largest absolute Gasteiger partial charge is 0.377 e. The third kappa shape index (κ3) is 4.89. The molecule has 1 atom stereocenters. The molecular weight excluding hydrogens is 600 g/mol. The zero-order valence-corrected chi connectivity index (χ0v) is 26.7. The molecule has 1 saturated heterocycles. The first-order valence-corrected chi connectivity index (χ1v) is 16.8. The van der Waals surface area contributed by atoms with Crippen LogP contribution < -0.4 is 10.9 Å². The van der Waals surface area contributed by atoms with E-state index in [4.69, 9.17) is 16.7 Å². The van der Waals surface area contributed by atoms with Crippen LogP contribution in [0.15, 0.2) is 47.7 Å². The second-order valence-corrected chi connectivity index (χ2v) is 14.7. The van der Waals surface area contributed by atoms with Gasteiger partial charge in [-0.25, -0.2) is 22.4 Å². The predicted molar refractivity (Wildman–Crippen MR) is 172 cm³/mol. The zero-order chi connectivity index (χ0) is 30.9. The summed E-state index contributed by atoms with van der Waals surface area (Å²) >= 11 is 6.29. The standard InChI is InChI=1S/C31H35ClN8O3S/c1-18-13-23(19(2)35-26-7-8-27(32)36-29(26)20-15-33-37(3)17-20)28-24(14-18)31(41)38(4)30-25(28)16-34-40(30)21-9-11-39(12-10-21)44(42,43)22-5-6-22/h7-8,13-17,19,21-22,35H,5-6,9-12H2,1-4H3. The number of benzene rings is 1. The highest BCUT2D eigenvalue weighted by Crippen LogP contribution is 2.38. The molecule has 1 N–H and O–H groups in total. The Labute approximate surface area is 260 Å². The molecule has 5 heterocycles. The van der Waals surface area contributed by atoms with Crippen molar-refractivity contribution in [3.05, 3.63) is 69.5 Å². The number of anilines is 1. The Bertz CT molecular complexity index is 2090. The van der Waals surface area contributed by atoms with Crippen LogP contribution in [0.3, 0.4) is 0 Å². The highest BCUT2D eigenvalue weighted by atomic mass is 35.5. The Balaban J connectivity index is 1.29. The van der Waals surface area contributed by atoms with Gasteiger partial charge < -0.3 is 5.32 Å². The van der Waals surface area contributed by atoms with Crippen molar-refractivity contribution in [3.8, 4) is 11.3 Å². The minimum absolute atomic E-state index is 0.00664. The topological polar surface area (TPSA) is 120 Å². The number of halogens is 1. The maximum Gasteiger partial charge on any atom is 0.259 e. The lowest BCUT2D eigenvalue weighted by Gasteiger charge is -2.31. The van der Waals surface area contributed by atoms with Crippen LogP contribution in [-0.4, -0.2) is 60.2 Å². The van der Waals surface area contributed by atoms with Crippen LogP contribution in [0.2, 0.25) is 5.15 Å². The van der Waals surface area contributed by atoms with Crippen molar-refractivity contribution >= 4 is 49.1 Å². The third-order valence-electron chi connectivity index (χ3n) is 8.96. The van der Waals surface area contributed by atoms with Gasteiger partial charge in [0.25, 0.3) is 5.56 Å². The van der Waals surface area contributed by atoms with Gasteiger partial charge in [0.15, 0.2) is 0 Å². The first-order valence-electron chi connectivity index (χ1n) is 14.9. The number of aryl methyl sites for hydroxylation is 3. The molecule has 0 bridgehead atoms. The number of fused-ring (bicyclic) bond motifs is 3. The summed E-state index contributed by atoms with van der Waals surface area (Å²) in [5, 5.41) is 15.3. The fraction of sp³-hybridized carbons (Fsp3) is 0.419. The van der Waals surface area contributed by atoms with Gasteiger partial charge in [0.2, 0.25) is 10.0 Å². The lowest BCUT2D eigenvalue weighted by molar-refractivity contribution is 0.263. The number of nitrogens with one attached hydrogen (secondary N) is 1. The molecule has 230 valence electrons. The zero-order valence-electron chi connectivity index (χ0n) is 25.2. The van der Waals surface area contributed by atoms with E-state index in [1.165, 1.54) is 0 Å². The van der Waals surface area contributed by atoms with Crippen molar-refractivity contribution in [2.75, 3.05) is 18.4 Å². The Morgan fingerprint density at radius 3 is 2.45 bits per heavy atom. The number of rotatable bonds is 7. The summed E-state index contributed by atoms with van der Waals surface area (Å²) in [5.74, 6) is 0. The third-order valence-corrected chi connectivity index (χ3v) is 11.6. The molecule has 0 spiro atoms. The molecule has 2 fully saturated rings. The second kappa shape index (κ2) is 10.7. The van der Waals surface area contributed by atoms with Gasteiger partial charge in [-0.15, -0.1) is 0 Å². The average molecular weight is 635 g/mol. The average Bonchev–Trinajstić information content (AvgIpc) is 3.65. The van der Waals surface area contributed by atoms with E-state index in [1.54, 1.807) is 32.9 Å². The molecule has 1 aliphatic heterocycles. The van der Waals surface area contributed by atoms with Gasteiger partial charge in [-0.05, 0) is 68.9 Å². The lowest BCUT2D eigenvalue weighted by Crippen LogP contribution is -2.41. The van der Waals surface area contributed by atoms with Crippen LogP contribution >= 0.6 is 11.6 Å². The monoisotopic (exact) mass is 634 g/mol. The molecule has 1 unspecified atom stereocenters. The SMILES string of the molecule is Cc1cc(C(C)Nc2ccc(Cl)nc2-c2cnn(C)c2)c2c(c1)c(=O)n(C)c1c2cnn1C1CCN(S(=O)(=O)C2CC2)CC1. The second-order valence-electron chi connectivity index (χ2n) is 12.1. The summed E-state index contributed by atoms with van der Waals surface area (Å²) in [5.41, 5.74) is 4.94. The van der Waals surface area contributed by atoms with E-state index < -0.39 is 10.0 Å². The van der Waals surface area contributed by atoms with E-state index in [2.05, 4.69) is 28.4 Å². The van der Waals surface area contributed by atoms with Crippen LogP contribution in [0.5, 0.6) is 0 Å². The summed E-state index contributed by atoms with van der Waals surface area (Å²) in [6, 6.07) is 7.51. The normalized spacial score (nSPS) is 17.5. The van der Waals surface area contributed by atoms with Crippen molar-refractivity contribution in [1.82, 2.24) is 33.4 Å². The summed E-state index contributed by atoms with van der Waals surface area (Å²) in [4.78, 5) is 18.5. The molecule has 5 aromatic rings. The maximum absolute atomic E-state index is 13.9. The summed E-state index contributed by atoms with van der Waals surface area (Å²) in [6.45, 7) is 5.00. The highest BCUT2D eigenvalue weighted by Gasteiger charge is 2.41. The molecule has 0 radical (unpaired) electrons. The maximum atomic E-state index is 13.9. The smallest absolute Gasteiger partial charge is 0.259 e. The van der Waals surface area contributed by atoms with E-state index >= 15 is 0 Å². The summed E-state index contributed by atoms with van der Waals surface area (Å²) in [7, 11) is 0.436. The molecule has 44 heavy (non-hydrogen) atoms. The fourth-order valence-corrected chi connectivity index (χ4v) is 8.60. The van der Waals surface area contributed by atoms with Gasteiger partial charge in [-0.3, -0.25) is 14.0 Å². The van der Waals surface area contributed by atoms with E-state index in [0.717, 1.165) is 51.6 Å². The number of pyridine rings is 2. The molecule has 1 aliphatic carbocycles. The molecule has 1 saturated carbocycles. The van der Waals surface area contributed by atoms with Crippen molar-refractivity contribution in [2.24, 2.45) is 14.1 Å². The van der Waals surface area contributed by atoms with Crippen LogP contribution in [-0.2, 0) is 24.1 Å². The van der Waals surface area contributed by atoms with Gasteiger partial charge in [-0.2, -0.15) is 10.2 Å². The Kier molecular flexibility index (Phi) is 7.06. The number of piperidine rings is 1. The number of nitrogens with zero attached hydrogens (tertiary/aromatic N) is 7. The van der Waals surface area contributed by atoms with Crippen molar-refractivity contribution in [1.29, 1.82) is 0 Å². The van der Waals surface area contributed by atoms with Crippen LogP contribution in [0, 0.1) is 6.92 Å². The highest BCUT2D eigenvalue weighted by molar-refractivity contribution is 7.90. The molecule has 0 amide bonds. The van der Waals surface area contributed by atoms with Gasteiger partial charge in [0, 0.05) is 61.1 Å². The fourth-order valence-electron chi connectivity index (χ4n) is 6.58. The van der Waals surface area contributed by atoms with Crippen LogP contribution in [0.4, 0.5) is 5.69 Å². The van der Waals surface area contributed by atoms with E-state index in [0.29, 0.717) is 42.2 Å². The molecule has 2 aliphatic rings. The Morgan fingerprint density at radius 1 is 1.02 bits per heavy atom. The van der Waals surface area contributed by atoms with Crippen LogP contribution in [0.1, 0.15) is 55.8 Å². The van der Waals surface area contributed by atoms with E-state index in [1.807, 2.05) is 43.2 Å². The van der Waals surface area contributed by atoms with Crippen molar-refractivity contribution < 1.29 is 8.42 Å². The molecule has 13 heteroatoms. The van der Waals surface area contributed by atoms with E-state index in [-0.39, 0.29) is 22.9 Å². The Morgan fingerprint density at radius 2 is 1.77 bits per heavy atom. The van der Waals surface area contributed by atoms with Gasteiger partial charge in [0.05, 0.1) is 35.1 Å². The Hall–Kier alpha value is -3.74. The summed E-state index contributed by atoms with van der Waals surface area (Å²) in [6.07, 6.45) is 8.31. The predicted octanol–water partition coefficient (Wildman–Crippen LogP) is 4.95. The van der Waals surface area contributed by atoms with E-state index in [9.17, 15) is 13.2 Å². The van der Waals surface area contributed by atoms with Gasteiger partial charge >= 0.3 is 0 Å². The summed E-state index contributed by atoms with van der Waals surface area (Å²) < 4.78 is 32.6. The first-order chi connectivity index (χ1) is 21.0. The number of sulfonamides is 1. The first kappa shape index (κ1) is 29.0. The number of hydrogen-bond donors (Lipinski definition) is 1. The van der Waals surface area contributed by atoms with Gasteiger partial charge in [0.1, 0.15) is 10.8 Å². The molecular formula is C31H35ClN8O3S. The van der Waals surface area contributed by atoms with Crippen molar-refractivity contribution in [3.63, 3.8) is 0 Å². The minimum Gasteiger partial charge on any atom is -0.377 e. The number of hydrogen-bond acceptors (Lipinski definition) is 7. The molecule has 1 aromatic carbocycles. The van der Waals surface area contributed by atoms with Crippen molar-refractivity contribution in [2.45, 2.75) is 56.9 Å². The quantitative estimate of drug-likeness (QED) is 0.252. The van der Waals surface area contributed by atoms with Crippen LogP contribution in [0.25, 0.3) is 33.1 Å². The molecule has 7 rings (SSSR count). The number of aromatic nitrogens is 6. The molecule has 11 nitrogen and oxygen atoms in total. The van der Waals surface area contributed by atoms with Gasteiger partial charge in [-0.1, -0.05) is 17.7 Å².